The van der Waals surface area contributed by atoms with Crippen LogP contribution in [-0.4, -0.2) is 64.4 Å². The van der Waals surface area contributed by atoms with E-state index in [-0.39, 0.29) is 5.91 Å². The summed E-state index contributed by atoms with van der Waals surface area (Å²) in [4.78, 5) is 14.5. The lowest BCUT2D eigenvalue weighted by Gasteiger charge is -2.24. The molecule has 1 saturated heterocycles. The van der Waals surface area contributed by atoms with Crippen molar-refractivity contribution in [2.24, 2.45) is 0 Å². The topological polar surface area (TPSA) is 60.0 Å². The standard InChI is InChI=1S/C19H28N2O4/c1-23-12-11-21-10-4-5-16(21)14-20-19(22)9-7-15-6-8-17(24-2)13-18(15)25-3/h6-9,13,16H,4-5,10-12,14H2,1-3H3,(H,20,22)/b9-7+/t16-/m0/s1. The van der Waals surface area contributed by atoms with Crippen LogP contribution in [-0.2, 0) is 9.53 Å². The maximum Gasteiger partial charge on any atom is 0.244 e. The molecular formula is C19H28N2O4. The SMILES string of the molecule is COCCN1CCC[C@H]1CNC(=O)/C=C/c1ccc(OC)cc1OC. The number of amides is 1. The number of carbonyl (C=O) groups is 1. The van der Waals surface area contributed by atoms with Gasteiger partial charge in [-0.15, -0.1) is 0 Å². The van der Waals surface area contributed by atoms with Gasteiger partial charge >= 0.3 is 0 Å². The number of hydrogen-bond acceptors (Lipinski definition) is 5. The summed E-state index contributed by atoms with van der Waals surface area (Å²) in [6.07, 6.45) is 5.58. The molecule has 1 atom stereocenters. The number of nitrogens with one attached hydrogen (secondary N) is 1. The van der Waals surface area contributed by atoms with Crippen LogP contribution < -0.4 is 14.8 Å². The van der Waals surface area contributed by atoms with E-state index in [1.165, 1.54) is 6.42 Å². The lowest BCUT2D eigenvalue weighted by atomic mass is 10.1. The zero-order valence-electron chi connectivity index (χ0n) is 15.3. The minimum atomic E-state index is -0.100. The van der Waals surface area contributed by atoms with Gasteiger partial charge in [-0.1, -0.05) is 0 Å². The Morgan fingerprint density at radius 2 is 2.16 bits per heavy atom. The molecule has 0 unspecified atom stereocenters. The van der Waals surface area contributed by atoms with Gasteiger partial charge in [-0.05, 0) is 37.6 Å². The highest BCUT2D eigenvalue weighted by Crippen LogP contribution is 2.25. The van der Waals surface area contributed by atoms with Crippen LogP contribution in [0.15, 0.2) is 24.3 Å². The molecule has 0 spiro atoms. The van der Waals surface area contributed by atoms with Gasteiger partial charge in [-0.2, -0.15) is 0 Å². The van der Waals surface area contributed by atoms with E-state index in [1.54, 1.807) is 39.5 Å². The first kappa shape index (κ1) is 19.3. The highest BCUT2D eigenvalue weighted by molar-refractivity contribution is 5.92. The molecule has 25 heavy (non-hydrogen) atoms. The van der Waals surface area contributed by atoms with Gasteiger partial charge in [0.25, 0.3) is 0 Å². The minimum Gasteiger partial charge on any atom is -0.497 e. The number of nitrogens with zero attached hydrogens (tertiary/aromatic N) is 1. The molecule has 0 aromatic heterocycles. The Bertz CT molecular complexity index is 589. The summed E-state index contributed by atoms with van der Waals surface area (Å²) < 4.78 is 15.6. The van der Waals surface area contributed by atoms with E-state index < -0.39 is 0 Å². The molecule has 6 nitrogen and oxygen atoms in total. The number of methoxy groups -OCH3 is 3. The van der Waals surface area contributed by atoms with Crippen LogP contribution in [0, 0.1) is 0 Å². The second kappa shape index (κ2) is 10.1. The van der Waals surface area contributed by atoms with E-state index in [4.69, 9.17) is 14.2 Å². The van der Waals surface area contributed by atoms with Gasteiger partial charge in [0.05, 0.1) is 20.8 Å². The molecule has 1 fully saturated rings. The number of rotatable bonds is 9. The van der Waals surface area contributed by atoms with Crippen LogP contribution in [0.1, 0.15) is 18.4 Å². The summed E-state index contributed by atoms with van der Waals surface area (Å²) in [5, 5.41) is 2.99. The molecule has 1 aromatic carbocycles. The van der Waals surface area contributed by atoms with Crippen molar-refractivity contribution < 1.29 is 19.0 Å². The molecule has 1 aromatic rings. The van der Waals surface area contributed by atoms with Crippen LogP contribution >= 0.6 is 0 Å². The molecule has 0 bridgehead atoms. The molecule has 6 heteroatoms. The first-order chi connectivity index (χ1) is 12.2. The fourth-order valence-electron chi connectivity index (χ4n) is 3.03. The summed E-state index contributed by atoms with van der Waals surface area (Å²) in [5.41, 5.74) is 0.834. The average Bonchev–Trinajstić information content (AvgIpc) is 3.10. The summed E-state index contributed by atoms with van der Waals surface area (Å²) in [6, 6.07) is 5.89. The van der Waals surface area contributed by atoms with Crippen molar-refractivity contribution in [1.29, 1.82) is 0 Å². The van der Waals surface area contributed by atoms with Crippen molar-refractivity contribution in [3.63, 3.8) is 0 Å². The first-order valence-corrected chi connectivity index (χ1v) is 8.59. The Balaban J connectivity index is 1.86. The lowest BCUT2D eigenvalue weighted by Crippen LogP contribution is -2.41. The fourth-order valence-corrected chi connectivity index (χ4v) is 3.03. The van der Waals surface area contributed by atoms with Gasteiger partial charge in [0.2, 0.25) is 5.91 Å². The summed E-state index contributed by atoms with van der Waals surface area (Å²) in [5.74, 6) is 1.29. The maximum absolute atomic E-state index is 12.1. The predicted molar refractivity (Wildman–Crippen MR) is 98.1 cm³/mol. The van der Waals surface area contributed by atoms with Gasteiger partial charge in [-0.3, -0.25) is 9.69 Å². The minimum absolute atomic E-state index is 0.100. The molecule has 1 aliphatic heterocycles. The Morgan fingerprint density at radius 1 is 1.32 bits per heavy atom. The number of benzene rings is 1. The van der Waals surface area contributed by atoms with Crippen LogP contribution in [0.2, 0.25) is 0 Å². The Kier molecular flexibility index (Phi) is 7.76. The second-order valence-corrected chi connectivity index (χ2v) is 6.01. The van der Waals surface area contributed by atoms with Crippen molar-refractivity contribution in [1.82, 2.24) is 10.2 Å². The summed E-state index contributed by atoms with van der Waals surface area (Å²) >= 11 is 0. The molecule has 1 N–H and O–H groups in total. The summed E-state index contributed by atoms with van der Waals surface area (Å²) in [6.45, 7) is 3.37. The largest absolute Gasteiger partial charge is 0.497 e. The van der Waals surface area contributed by atoms with Crippen LogP contribution in [0.25, 0.3) is 6.08 Å². The fraction of sp³-hybridized carbons (Fsp3) is 0.526. The third kappa shape index (κ3) is 5.76. The zero-order chi connectivity index (χ0) is 18.1. The van der Waals surface area contributed by atoms with Crippen molar-refractivity contribution >= 4 is 12.0 Å². The van der Waals surface area contributed by atoms with Crippen LogP contribution in [0.5, 0.6) is 11.5 Å². The van der Waals surface area contributed by atoms with Crippen LogP contribution in [0.4, 0.5) is 0 Å². The van der Waals surface area contributed by atoms with Gasteiger partial charge in [0, 0.05) is 43.9 Å². The molecule has 2 rings (SSSR count). The van der Waals surface area contributed by atoms with Crippen molar-refractivity contribution in [2.75, 3.05) is 47.6 Å². The van der Waals surface area contributed by atoms with Gasteiger partial charge in [0.15, 0.2) is 0 Å². The normalized spacial score (nSPS) is 17.8. The molecule has 1 heterocycles. The third-order valence-corrected chi connectivity index (χ3v) is 4.45. The quantitative estimate of drug-likeness (QED) is 0.691. The Morgan fingerprint density at radius 3 is 2.88 bits per heavy atom. The third-order valence-electron chi connectivity index (χ3n) is 4.45. The van der Waals surface area contributed by atoms with Gasteiger partial charge < -0.3 is 19.5 Å². The molecular weight excluding hydrogens is 320 g/mol. The van der Waals surface area contributed by atoms with E-state index in [2.05, 4.69) is 10.2 Å². The van der Waals surface area contributed by atoms with Gasteiger partial charge in [-0.25, -0.2) is 0 Å². The van der Waals surface area contributed by atoms with E-state index in [1.807, 2.05) is 12.1 Å². The van der Waals surface area contributed by atoms with Crippen molar-refractivity contribution in [3.05, 3.63) is 29.8 Å². The Hall–Kier alpha value is -2.05. The number of hydrogen-bond donors (Lipinski definition) is 1. The highest BCUT2D eigenvalue weighted by Gasteiger charge is 2.23. The lowest BCUT2D eigenvalue weighted by molar-refractivity contribution is -0.116. The first-order valence-electron chi connectivity index (χ1n) is 8.59. The second-order valence-electron chi connectivity index (χ2n) is 6.01. The van der Waals surface area contributed by atoms with E-state index in [0.29, 0.717) is 18.3 Å². The van der Waals surface area contributed by atoms with E-state index in [0.717, 1.165) is 37.4 Å². The van der Waals surface area contributed by atoms with Crippen LogP contribution in [0.3, 0.4) is 0 Å². The monoisotopic (exact) mass is 348 g/mol. The van der Waals surface area contributed by atoms with Crippen molar-refractivity contribution in [3.8, 4) is 11.5 Å². The van der Waals surface area contributed by atoms with E-state index in [9.17, 15) is 4.79 Å². The molecule has 138 valence electrons. The van der Waals surface area contributed by atoms with Crippen molar-refractivity contribution in [2.45, 2.75) is 18.9 Å². The van der Waals surface area contributed by atoms with E-state index >= 15 is 0 Å². The number of carbonyl (C=O) groups excluding carboxylic acids is 1. The average molecular weight is 348 g/mol. The number of ether oxygens (including phenoxy) is 3. The number of likely N-dealkylation sites (tertiary alicyclic amines) is 1. The molecule has 0 radical (unpaired) electrons. The van der Waals surface area contributed by atoms with Gasteiger partial charge in [0.1, 0.15) is 11.5 Å². The maximum atomic E-state index is 12.1. The predicted octanol–water partition coefficient (Wildman–Crippen LogP) is 1.94. The Labute approximate surface area is 149 Å². The highest BCUT2D eigenvalue weighted by atomic mass is 16.5. The smallest absolute Gasteiger partial charge is 0.244 e. The molecule has 0 aliphatic carbocycles. The molecule has 0 saturated carbocycles. The molecule has 1 aliphatic rings. The zero-order valence-corrected chi connectivity index (χ0v) is 15.3. The molecule has 1 amide bonds. The summed E-state index contributed by atoms with van der Waals surface area (Å²) in [7, 11) is 4.92.